The number of unbranched alkanes of at least 4 members (excludes halogenated alkanes) is 9. The number of ether oxygens (including phenoxy) is 1. The smallest absolute Gasteiger partial charge is 0.112 e. The molecule has 0 unspecified atom stereocenters. The zero-order valence-electron chi connectivity index (χ0n) is 29.3. The summed E-state index contributed by atoms with van der Waals surface area (Å²) in [6.45, 7) is 14.1. The molecule has 0 aliphatic heterocycles. The fraction of sp³-hybridized carbons (Fsp3) is 0.524. The second-order valence-electron chi connectivity index (χ2n) is 13.6. The molecule has 2 aromatic heterocycles. The van der Waals surface area contributed by atoms with Gasteiger partial charge >= 0.3 is 0 Å². The number of hydrogen-bond donors (Lipinski definition) is 1. The van der Waals surface area contributed by atoms with E-state index in [0.717, 1.165) is 51.0 Å². The van der Waals surface area contributed by atoms with Crippen LogP contribution in [0.2, 0.25) is 0 Å². The number of hydrogen-bond acceptors (Lipinski definition) is 2. The summed E-state index contributed by atoms with van der Waals surface area (Å²) in [5.74, 6) is 1.38. The Morgan fingerprint density at radius 1 is 0.630 bits per heavy atom. The van der Waals surface area contributed by atoms with Crippen LogP contribution in [-0.4, -0.2) is 20.8 Å². The highest BCUT2D eigenvalue weighted by molar-refractivity contribution is 5.93. The highest BCUT2D eigenvalue weighted by atomic mass is 16.5. The largest absolute Gasteiger partial charge is 0.512 e. The number of fused-ring (bicyclic) bond motifs is 2. The normalized spacial score (nSPS) is 14.6. The van der Waals surface area contributed by atoms with E-state index in [9.17, 15) is 5.11 Å². The molecule has 0 radical (unpaired) electrons. The molecular weight excluding hydrogens is 564 g/mol. The predicted molar refractivity (Wildman–Crippen MR) is 196 cm³/mol. The molecule has 0 saturated carbocycles. The van der Waals surface area contributed by atoms with Crippen molar-refractivity contribution in [1.82, 2.24) is 9.13 Å². The number of aromatic nitrogens is 2. The summed E-state index contributed by atoms with van der Waals surface area (Å²) in [5.41, 5.74) is 7.00. The molecule has 0 fully saturated rings. The first-order valence-electron chi connectivity index (χ1n) is 18.4. The van der Waals surface area contributed by atoms with Crippen LogP contribution in [0.25, 0.3) is 21.8 Å². The van der Waals surface area contributed by atoms with Crippen molar-refractivity contribution in [2.45, 2.75) is 137 Å². The maximum absolute atomic E-state index is 11.5. The maximum atomic E-state index is 11.5. The van der Waals surface area contributed by atoms with Crippen LogP contribution < -0.4 is 0 Å². The fourth-order valence-electron chi connectivity index (χ4n) is 8.02. The lowest BCUT2D eigenvalue weighted by Crippen LogP contribution is -2.35. The van der Waals surface area contributed by atoms with Gasteiger partial charge in [0.25, 0.3) is 0 Å². The molecule has 4 heteroatoms. The zero-order valence-corrected chi connectivity index (χ0v) is 29.3. The topological polar surface area (TPSA) is 39.3 Å². The first-order chi connectivity index (χ1) is 22.5. The van der Waals surface area contributed by atoms with E-state index in [0.29, 0.717) is 18.8 Å². The SMILES string of the molecule is CCCCCCCCCCOC1=CC=C(O)CC1(c1c(C)n(CCCC)c2ccccc12)c1c(C)n(CCCC)c2ccccc12. The molecule has 0 bridgehead atoms. The maximum Gasteiger partial charge on any atom is 0.112 e. The number of nitrogens with zero attached hydrogens (tertiary/aromatic N) is 2. The van der Waals surface area contributed by atoms with Gasteiger partial charge in [0.15, 0.2) is 0 Å². The van der Waals surface area contributed by atoms with E-state index < -0.39 is 5.41 Å². The van der Waals surface area contributed by atoms with Gasteiger partial charge in [-0.25, -0.2) is 0 Å². The average molecular weight is 623 g/mol. The highest BCUT2D eigenvalue weighted by Crippen LogP contribution is 2.54. The van der Waals surface area contributed by atoms with Crippen molar-refractivity contribution in [2.24, 2.45) is 0 Å². The van der Waals surface area contributed by atoms with Crippen LogP contribution in [0.1, 0.15) is 127 Å². The van der Waals surface area contributed by atoms with Crippen LogP contribution >= 0.6 is 0 Å². The predicted octanol–water partition coefficient (Wildman–Crippen LogP) is 12.0. The summed E-state index contributed by atoms with van der Waals surface area (Å²) in [4.78, 5) is 0. The Kier molecular flexibility index (Phi) is 11.8. The van der Waals surface area contributed by atoms with Crippen LogP contribution in [0.4, 0.5) is 0 Å². The summed E-state index contributed by atoms with van der Waals surface area (Å²) >= 11 is 0. The number of benzene rings is 2. The van der Waals surface area contributed by atoms with Crippen LogP contribution in [-0.2, 0) is 23.2 Å². The molecular formula is C42H58N2O2. The minimum atomic E-state index is -0.651. The summed E-state index contributed by atoms with van der Waals surface area (Å²) in [6, 6.07) is 17.8. The molecule has 1 aliphatic carbocycles. The van der Waals surface area contributed by atoms with Gasteiger partial charge in [0.2, 0.25) is 0 Å². The molecule has 46 heavy (non-hydrogen) atoms. The summed E-state index contributed by atoms with van der Waals surface area (Å²) in [7, 11) is 0. The average Bonchev–Trinajstić information content (AvgIpc) is 3.52. The van der Waals surface area contributed by atoms with E-state index in [1.165, 1.54) is 89.3 Å². The Labute approximate surface area is 278 Å². The van der Waals surface area contributed by atoms with Crippen molar-refractivity contribution in [1.29, 1.82) is 0 Å². The van der Waals surface area contributed by atoms with E-state index in [2.05, 4.69) is 98.4 Å². The Morgan fingerprint density at radius 2 is 1.11 bits per heavy atom. The van der Waals surface area contributed by atoms with Gasteiger partial charge in [0.05, 0.1) is 17.8 Å². The monoisotopic (exact) mass is 622 g/mol. The van der Waals surface area contributed by atoms with Crippen molar-refractivity contribution in [3.8, 4) is 0 Å². The summed E-state index contributed by atoms with van der Waals surface area (Å²) in [6.07, 6.45) is 19.2. The lowest BCUT2D eigenvalue weighted by molar-refractivity contribution is 0.159. The number of aryl methyl sites for hydroxylation is 2. The molecule has 5 rings (SSSR count). The van der Waals surface area contributed by atoms with Crippen molar-refractivity contribution < 1.29 is 9.84 Å². The number of aliphatic hydroxyl groups is 1. The van der Waals surface area contributed by atoms with Gasteiger partial charge in [-0.3, -0.25) is 0 Å². The second kappa shape index (κ2) is 15.9. The number of allylic oxidation sites excluding steroid dienone is 4. The molecule has 248 valence electrons. The van der Waals surface area contributed by atoms with Gasteiger partial charge in [0.1, 0.15) is 5.76 Å². The van der Waals surface area contributed by atoms with Crippen molar-refractivity contribution in [3.63, 3.8) is 0 Å². The number of rotatable bonds is 18. The molecule has 0 saturated heterocycles. The zero-order chi connectivity index (χ0) is 32.5. The lowest BCUT2D eigenvalue weighted by atomic mass is 9.66. The molecule has 4 aromatic rings. The Hall–Kier alpha value is -3.40. The molecule has 2 aromatic carbocycles. The molecule has 2 heterocycles. The van der Waals surface area contributed by atoms with E-state index in [1.54, 1.807) is 0 Å². The Bertz CT molecular complexity index is 1560. The standard InChI is InChI=1S/C42H58N2O2/c1-6-9-12-13-14-15-16-21-30-46-39-27-26-34(45)31-42(39,40-32(4)43(28-10-7-2)37-24-19-17-22-35(37)40)41-33(5)44(29-11-8-3)38-25-20-18-23-36(38)41/h17-20,22-27,45H,6-16,21,28-31H2,1-5H3. The van der Waals surface area contributed by atoms with E-state index in [4.69, 9.17) is 4.74 Å². The minimum Gasteiger partial charge on any atom is -0.512 e. The molecule has 0 atom stereocenters. The van der Waals surface area contributed by atoms with Crippen LogP contribution in [0.3, 0.4) is 0 Å². The second-order valence-corrected chi connectivity index (χ2v) is 13.6. The van der Waals surface area contributed by atoms with Gasteiger partial charge < -0.3 is 19.0 Å². The van der Waals surface area contributed by atoms with Crippen molar-refractivity contribution in [3.05, 3.63) is 94.7 Å². The first kappa shape index (κ1) is 33.9. The van der Waals surface area contributed by atoms with Crippen molar-refractivity contribution >= 4 is 21.8 Å². The van der Waals surface area contributed by atoms with Gasteiger partial charge in [-0.2, -0.15) is 0 Å². The highest BCUT2D eigenvalue weighted by Gasteiger charge is 2.48. The fourth-order valence-corrected chi connectivity index (χ4v) is 8.02. The first-order valence-corrected chi connectivity index (χ1v) is 18.4. The van der Waals surface area contributed by atoms with Crippen LogP contribution in [0, 0.1) is 13.8 Å². The quantitative estimate of drug-likeness (QED) is 0.112. The third kappa shape index (κ3) is 6.68. The summed E-state index contributed by atoms with van der Waals surface area (Å²) in [5, 5.41) is 14.0. The summed E-state index contributed by atoms with van der Waals surface area (Å²) < 4.78 is 12.0. The molecule has 1 N–H and O–H groups in total. The van der Waals surface area contributed by atoms with E-state index in [1.807, 2.05) is 6.08 Å². The minimum absolute atomic E-state index is 0.411. The third-order valence-corrected chi connectivity index (χ3v) is 10.3. The van der Waals surface area contributed by atoms with Crippen molar-refractivity contribution in [2.75, 3.05) is 6.61 Å². The lowest BCUT2D eigenvalue weighted by Gasteiger charge is -2.39. The Morgan fingerprint density at radius 3 is 1.63 bits per heavy atom. The van der Waals surface area contributed by atoms with E-state index >= 15 is 0 Å². The van der Waals surface area contributed by atoms with E-state index in [-0.39, 0.29) is 0 Å². The van der Waals surface area contributed by atoms with Gasteiger partial charge in [-0.05, 0) is 68.5 Å². The van der Waals surface area contributed by atoms with Gasteiger partial charge in [-0.1, -0.05) is 115 Å². The number of aliphatic hydroxyl groups excluding tert-OH is 1. The molecule has 1 aliphatic rings. The Balaban J connectivity index is 1.66. The van der Waals surface area contributed by atoms with Crippen LogP contribution in [0.5, 0.6) is 0 Å². The molecule has 0 spiro atoms. The number of para-hydroxylation sites is 2. The van der Waals surface area contributed by atoms with Gasteiger partial charge in [0, 0.05) is 52.7 Å². The third-order valence-electron chi connectivity index (χ3n) is 10.3. The molecule has 0 amide bonds. The van der Waals surface area contributed by atoms with Crippen LogP contribution in [0.15, 0.2) is 72.2 Å². The van der Waals surface area contributed by atoms with Gasteiger partial charge in [-0.15, -0.1) is 0 Å². The molecule has 4 nitrogen and oxygen atoms in total.